The van der Waals surface area contributed by atoms with Gasteiger partial charge in [-0.15, -0.1) is 0 Å². The first-order valence-corrected chi connectivity index (χ1v) is 7.89. The topological polar surface area (TPSA) is 55.3 Å². The fraction of sp³-hybridized carbons (Fsp3) is 0.688. The first kappa shape index (κ1) is 17.1. The van der Waals surface area contributed by atoms with Gasteiger partial charge in [-0.05, 0) is 33.6 Å². The van der Waals surface area contributed by atoms with E-state index in [4.69, 9.17) is 4.74 Å². The van der Waals surface area contributed by atoms with Crippen LogP contribution in [0.4, 0.5) is 13.2 Å². The molecule has 0 spiro atoms. The van der Waals surface area contributed by atoms with Crippen LogP contribution >= 0.6 is 0 Å². The van der Waals surface area contributed by atoms with Gasteiger partial charge >= 0.3 is 6.18 Å². The highest BCUT2D eigenvalue weighted by Crippen LogP contribution is 2.41. The van der Waals surface area contributed by atoms with E-state index in [1.54, 1.807) is 13.8 Å². The Morgan fingerprint density at radius 2 is 1.79 bits per heavy atom. The highest BCUT2D eigenvalue weighted by molar-refractivity contribution is 5.93. The molecule has 1 saturated carbocycles. The molecule has 1 amide bonds. The Balaban J connectivity index is 1.82. The molecule has 8 heteroatoms. The van der Waals surface area contributed by atoms with E-state index in [1.165, 1.54) is 17.3 Å². The SMILES string of the molecule is CC1(C)CN(C(=O)c2cnc(C3CC3)nc2)CC(C)(C(F)(F)F)O1. The van der Waals surface area contributed by atoms with E-state index in [2.05, 4.69) is 9.97 Å². The van der Waals surface area contributed by atoms with Crippen molar-refractivity contribution in [3.63, 3.8) is 0 Å². The van der Waals surface area contributed by atoms with Crippen LogP contribution in [-0.2, 0) is 4.74 Å². The molecule has 1 aromatic heterocycles. The molecule has 132 valence electrons. The summed E-state index contributed by atoms with van der Waals surface area (Å²) in [5.41, 5.74) is -3.31. The van der Waals surface area contributed by atoms with Gasteiger partial charge in [0, 0.05) is 24.9 Å². The standard InChI is InChI=1S/C16H20F3N3O2/c1-14(2)8-22(9-15(3,24-14)16(17,18)19)13(23)11-6-20-12(21-7-11)10-4-5-10/h6-7,10H,4-5,8-9H2,1-3H3. The van der Waals surface area contributed by atoms with Gasteiger partial charge in [0.1, 0.15) is 5.82 Å². The lowest BCUT2D eigenvalue weighted by Crippen LogP contribution is -2.65. The van der Waals surface area contributed by atoms with E-state index in [-0.39, 0.29) is 12.1 Å². The average Bonchev–Trinajstić information content (AvgIpc) is 3.28. The van der Waals surface area contributed by atoms with E-state index in [9.17, 15) is 18.0 Å². The van der Waals surface area contributed by atoms with Gasteiger partial charge in [-0.3, -0.25) is 4.79 Å². The molecule has 0 radical (unpaired) electrons. The van der Waals surface area contributed by atoms with Crippen molar-refractivity contribution in [2.75, 3.05) is 13.1 Å². The van der Waals surface area contributed by atoms with E-state index < -0.39 is 29.8 Å². The van der Waals surface area contributed by atoms with Crippen molar-refractivity contribution >= 4 is 5.91 Å². The smallest absolute Gasteiger partial charge is 0.356 e. The number of amides is 1. The zero-order valence-electron chi connectivity index (χ0n) is 13.9. The monoisotopic (exact) mass is 343 g/mol. The summed E-state index contributed by atoms with van der Waals surface area (Å²) in [5, 5.41) is 0. The van der Waals surface area contributed by atoms with E-state index >= 15 is 0 Å². The van der Waals surface area contributed by atoms with Crippen molar-refractivity contribution in [2.24, 2.45) is 0 Å². The Hall–Kier alpha value is -1.70. The van der Waals surface area contributed by atoms with Gasteiger partial charge in [-0.2, -0.15) is 13.2 Å². The van der Waals surface area contributed by atoms with E-state index in [1.807, 2.05) is 0 Å². The lowest BCUT2D eigenvalue weighted by atomic mass is 9.96. The van der Waals surface area contributed by atoms with Crippen molar-refractivity contribution in [1.29, 1.82) is 0 Å². The second-order valence-electron chi connectivity index (χ2n) is 7.36. The van der Waals surface area contributed by atoms with Crippen LogP contribution < -0.4 is 0 Å². The Morgan fingerprint density at radius 1 is 1.21 bits per heavy atom. The number of morpholine rings is 1. The number of rotatable bonds is 2. The first-order chi connectivity index (χ1) is 11.0. The molecule has 1 aromatic rings. The van der Waals surface area contributed by atoms with Gasteiger partial charge in [0.15, 0.2) is 5.60 Å². The van der Waals surface area contributed by atoms with Gasteiger partial charge in [-0.25, -0.2) is 9.97 Å². The normalized spacial score (nSPS) is 27.2. The lowest BCUT2D eigenvalue weighted by molar-refractivity contribution is -0.318. The van der Waals surface area contributed by atoms with Crippen molar-refractivity contribution < 1.29 is 22.7 Å². The van der Waals surface area contributed by atoms with Crippen molar-refractivity contribution in [1.82, 2.24) is 14.9 Å². The fourth-order valence-corrected chi connectivity index (χ4v) is 3.03. The summed E-state index contributed by atoms with van der Waals surface area (Å²) in [6.07, 6.45) is 0.298. The summed E-state index contributed by atoms with van der Waals surface area (Å²) in [7, 11) is 0. The Bertz CT molecular complexity index is 641. The lowest BCUT2D eigenvalue weighted by Gasteiger charge is -2.48. The van der Waals surface area contributed by atoms with Crippen LogP contribution in [0, 0.1) is 0 Å². The van der Waals surface area contributed by atoms with Gasteiger partial charge in [0.2, 0.25) is 0 Å². The molecule has 1 unspecified atom stereocenters. The molecule has 0 bridgehead atoms. The minimum absolute atomic E-state index is 0.0713. The highest BCUT2D eigenvalue weighted by atomic mass is 19.4. The maximum absolute atomic E-state index is 13.4. The van der Waals surface area contributed by atoms with E-state index in [0.717, 1.165) is 19.8 Å². The third-order valence-corrected chi connectivity index (χ3v) is 4.31. The second-order valence-corrected chi connectivity index (χ2v) is 7.36. The number of alkyl halides is 3. The average molecular weight is 343 g/mol. The Morgan fingerprint density at radius 3 is 2.29 bits per heavy atom. The van der Waals surface area contributed by atoms with Crippen LogP contribution in [0.25, 0.3) is 0 Å². The molecule has 0 aromatic carbocycles. The number of carbonyl (C=O) groups excluding carboxylic acids is 1. The first-order valence-electron chi connectivity index (χ1n) is 7.89. The van der Waals surface area contributed by atoms with Crippen molar-refractivity contribution in [3.8, 4) is 0 Å². The molecule has 1 saturated heterocycles. The van der Waals surface area contributed by atoms with Crippen LogP contribution in [0.15, 0.2) is 12.4 Å². The number of nitrogens with zero attached hydrogens (tertiary/aromatic N) is 3. The summed E-state index contributed by atoms with van der Waals surface area (Å²) in [4.78, 5) is 22.1. The summed E-state index contributed by atoms with van der Waals surface area (Å²) in [6, 6.07) is 0. The highest BCUT2D eigenvalue weighted by Gasteiger charge is 2.58. The third kappa shape index (κ3) is 3.24. The minimum Gasteiger partial charge on any atom is -0.356 e. The number of hydrogen-bond acceptors (Lipinski definition) is 4. The van der Waals surface area contributed by atoms with Crippen LogP contribution in [0.2, 0.25) is 0 Å². The molecule has 3 rings (SSSR count). The second kappa shape index (κ2) is 5.40. The zero-order valence-corrected chi connectivity index (χ0v) is 13.9. The van der Waals surface area contributed by atoms with Crippen LogP contribution in [0.1, 0.15) is 55.7 Å². The maximum atomic E-state index is 13.4. The number of carbonyl (C=O) groups is 1. The molecular formula is C16H20F3N3O2. The molecule has 2 fully saturated rings. The summed E-state index contributed by atoms with van der Waals surface area (Å²) >= 11 is 0. The van der Waals surface area contributed by atoms with Crippen molar-refractivity contribution in [2.45, 2.75) is 56.9 Å². The quantitative estimate of drug-likeness (QED) is 0.828. The van der Waals surface area contributed by atoms with Crippen molar-refractivity contribution in [3.05, 3.63) is 23.8 Å². The molecule has 1 aliphatic heterocycles. The molecule has 0 N–H and O–H groups in total. The zero-order chi connectivity index (χ0) is 17.8. The van der Waals surface area contributed by atoms with Crippen LogP contribution in [0.5, 0.6) is 0 Å². The van der Waals surface area contributed by atoms with Crippen LogP contribution in [0.3, 0.4) is 0 Å². The minimum atomic E-state index is -4.57. The Kier molecular flexibility index (Phi) is 3.86. The fourth-order valence-electron chi connectivity index (χ4n) is 3.03. The summed E-state index contributed by atoms with van der Waals surface area (Å²) in [6.45, 7) is 3.58. The van der Waals surface area contributed by atoms with Gasteiger partial charge < -0.3 is 9.64 Å². The maximum Gasteiger partial charge on any atom is 0.418 e. The van der Waals surface area contributed by atoms with Crippen LogP contribution in [-0.4, -0.2) is 51.2 Å². The molecule has 5 nitrogen and oxygen atoms in total. The molecule has 1 aliphatic carbocycles. The predicted octanol–water partition coefficient (Wildman–Crippen LogP) is 2.93. The number of aromatic nitrogens is 2. The Labute approximate surface area is 138 Å². The molecule has 2 aliphatic rings. The molecule has 24 heavy (non-hydrogen) atoms. The predicted molar refractivity (Wildman–Crippen MR) is 79.5 cm³/mol. The third-order valence-electron chi connectivity index (χ3n) is 4.31. The number of ether oxygens (including phenoxy) is 1. The van der Waals surface area contributed by atoms with Gasteiger partial charge in [-0.1, -0.05) is 0 Å². The van der Waals surface area contributed by atoms with Gasteiger partial charge in [0.05, 0.1) is 17.7 Å². The summed E-state index contributed by atoms with van der Waals surface area (Å²) < 4.78 is 45.4. The molecular weight excluding hydrogens is 323 g/mol. The largest absolute Gasteiger partial charge is 0.418 e. The molecule has 1 atom stereocenters. The molecule has 2 heterocycles. The summed E-state index contributed by atoms with van der Waals surface area (Å²) in [5.74, 6) is 0.531. The number of halogens is 3. The van der Waals surface area contributed by atoms with Gasteiger partial charge in [0.25, 0.3) is 5.91 Å². The van der Waals surface area contributed by atoms with E-state index in [0.29, 0.717) is 11.7 Å². The number of hydrogen-bond donors (Lipinski definition) is 0.